The zero-order valence-corrected chi connectivity index (χ0v) is 15.9. The Hall–Kier alpha value is -4.35. The fraction of sp³-hybridized carbons (Fsp3) is 0.167. The Bertz CT molecular complexity index is 1260. The number of fused-ring (bicyclic) bond motifs is 1. The summed E-state index contributed by atoms with van der Waals surface area (Å²) in [4.78, 5) is 38.3. The molecule has 3 heterocycles. The van der Waals surface area contributed by atoms with Crippen LogP contribution in [0.4, 0.5) is 5.95 Å². The summed E-state index contributed by atoms with van der Waals surface area (Å²) >= 11 is 0. The maximum atomic E-state index is 12.4. The first-order valence-corrected chi connectivity index (χ1v) is 8.84. The number of benzene rings is 1. The Balaban J connectivity index is 1.40. The third kappa shape index (κ3) is 4.06. The molecular formula is C18H17N9O3. The molecule has 0 aliphatic heterocycles. The summed E-state index contributed by atoms with van der Waals surface area (Å²) in [7, 11) is 1.61. The number of hydrogen-bond donors (Lipinski definition) is 3. The fourth-order valence-corrected chi connectivity index (χ4v) is 2.72. The van der Waals surface area contributed by atoms with E-state index in [1.165, 1.54) is 6.20 Å². The van der Waals surface area contributed by atoms with E-state index < -0.39 is 11.5 Å². The average Bonchev–Trinajstić information content (AvgIpc) is 3.19. The second-order valence-corrected chi connectivity index (χ2v) is 6.32. The Morgan fingerprint density at radius 2 is 2.07 bits per heavy atom. The molecule has 1 amide bonds. The van der Waals surface area contributed by atoms with Crippen LogP contribution >= 0.6 is 0 Å². The van der Waals surface area contributed by atoms with Crippen LogP contribution < -0.4 is 21.3 Å². The maximum absolute atomic E-state index is 12.4. The van der Waals surface area contributed by atoms with Crippen LogP contribution in [0.15, 0.2) is 41.5 Å². The van der Waals surface area contributed by atoms with Gasteiger partial charge in [0, 0.05) is 0 Å². The lowest BCUT2D eigenvalue weighted by molar-refractivity contribution is 0.0945. The van der Waals surface area contributed by atoms with Crippen molar-refractivity contribution >= 4 is 23.0 Å². The van der Waals surface area contributed by atoms with E-state index in [1.54, 1.807) is 18.0 Å². The number of aromatic amines is 1. The summed E-state index contributed by atoms with van der Waals surface area (Å²) < 4.78 is 6.80. The molecule has 4 aromatic rings. The topological polar surface area (TPSA) is 167 Å². The molecule has 0 unspecified atom stereocenters. The largest absolute Gasteiger partial charge is 0.497 e. The van der Waals surface area contributed by atoms with Gasteiger partial charge in [-0.25, -0.2) is 14.6 Å². The number of nitrogens with one attached hydrogen (secondary N) is 2. The lowest BCUT2D eigenvalue weighted by atomic mass is 10.2. The third-order valence-electron chi connectivity index (χ3n) is 4.19. The molecule has 152 valence electrons. The van der Waals surface area contributed by atoms with E-state index >= 15 is 0 Å². The van der Waals surface area contributed by atoms with Gasteiger partial charge < -0.3 is 15.8 Å². The second kappa shape index (κ2) is 7.95. The number of rotatable bonds is 6. The Morgan fingerprint density at radius 3 is 2.83 bits per heavy atom. The number of nitrogens with zero attached hydrogens (tertiary/aromatic N) is 6. The summed E-state index contributed by atoms with van der Waals surface area (Å²) in [6, 6.07) is 7.61. The number of carbonyl (C=O) groups excluding carboxylic acids is 1. The summed E-state index contributed by atoms with van der Waals surface area (Å²) in [5, 5.41) is 10.8. The van der Waals surface area contributed by atoms with Crippen LogP contribution in [0, 0.1) is 0 Å². The van der Waals surface area contributed by atoms with Gasteiger partial charge in [-0.2, -0.15) is 4.98 Å². The van der Waals surface area contributed by atoms with Crippen LogP contribution in [0.5, 0.6) is 5.75 Å². The Morgan fingerprint density at radius 1 is 1.27 bits per heavy atom. The van der Waals surface area contributed by atoms with Crippen LogP contribution in [-0.4, -0.2) is 47.9 Å². The quantitative estimate of drug-likeness (QED) is 0.394. The fourth-order valence-electron chi connectivity index (χ4n) is 2.72. The number of nitrogens with two attached hydrogens (primary N) is 1. The van der Waals surface area contributed by atoms with Crippen molar-refractivity contribution in [3.63, 3.8) is 0 Å². The number of aromatic nitrogens is 7. The third-order valence-corrected chi connectivity index (χ3v) is 4.19. The molecule has 30 heavy (non-hydrogen) atoms. The van der Waals surface area contributed by atoms with Crippen molar-refractivity contribution in [2.45, 2.75) is 13.1 Å². The number of anilines is 1. The minimum atomic E-state index is -0.523. The molecule has 1 aromatic carbocycles. The SMILES string of the molecule is COc1ccc(Cn2cc(CNC(=O)c3cnc4c(=O)[nH]c(N)nc4n3)nn2)cc1. The predicted octanol–water partition coefficient (Wildman–Crippen LogP) is -0.126. The van der Waals surface area contributed by atoms with Gasteiger partial charge in [0.25, 0.3) is 11.5 Å². The lowest BCUT2D eigenvalue weighted by Crippen LogP contribution is -2.25. The molecular weight excluding hydrogens is 390 g/mol. The van der Waals surface area contributed by atoms with E-state index in [1.807, 2.05) is 24.3 Å². The van der Waals surface area contributed by atoms with Gasteiger partial charge in [-0.1, -0.05) is 17.3 Å². The van der Waals surface area contributed by atoms with Gasteiger partial charge in [0.05, 0.1) is 32.6 Å². The number of H-pyrrole nitrogens is 1. The zero-order valence-electron chi connectivity index (χ0n) is 15.9. The molecule has 0 fully saturated rings. The zero-order chi connectivity index (χ0) is 21.1. The minimum Gasteiger partial charge on any atom is -0.497 e. The molecule has 0 spiro atoms. The van der Waals surface area contributed by atoms with E-state index in [2.05, 4.69) is 35.6 Å². The summed E-state index contributed by atoms with van der Waals surface area (Å²) in [5.74, 6) is 0.183. The van der Waals surface area contributed by atoms with Crippen molar-refractivity contribution in [3.8, 4) is 5.75 Å². The van der Waals surface area contributed by atoms with Gasteiger partial charge in [-0.05, 0) is 17.7 Å². The van der Waals surface area contributed by atoms with Gasteiger partial charge in [-0.15, -0.1) is 5.10 Å². The van der Waals surface area contributed by atoms with Gasteiger partial charge in [0.1, 0.15) is 17.1 Å². The van der Waals surface area contributed by atoms with E-state index in [4.69, 9.17) is 10.5 Å². The van der Waals surface area contributed by atoms with Crippen LogP contribution in [-0.2, 0) is 13.1 Å². The van der Waals surface area contributed by atoms with Crippen molar-refractivity contribution in [2.75, 3.05) is 12.8 Å². The highest BCUT2D eigenvalue weighted by Gasteiger charge is 2.13. The monoisotopic (exact) mass is 407 g/mol. The van der Waals surface area contributed by atoms with E-state index in [9.17, 15) is 9.59 Å². The van der Waals surface area contributed by atoms with Crippen molar-refractivity contribution in [2.24, 2.45) is 0 Å². The maximum Gasteiger partial charge on any atom is 0.280 e. The Kier molecular flexibility index (Phi) is 5.03. The molecule has 12 heteroatoms. The van der Waals surface area contributed by atoms with Gasteiger partial charge in [0.2, 0.25) is 5.95 Å². The number of amides is 1. The highest BCUT2D eigenvalue weighted by Crippen LogP contribution is 2.12. The van der Waals surface area contributed by atoms with Crippen molar-refractivity contribution < 1.29 is 9.53 Å². The first-order chi connectivity index (χ1) is 14.5. The number of ether oxygens (including phenoxy) is 1. The van der Waals surface area contributed by atoms with E-state index in [0.29, 0.717) is 12.2 Å². The standard InChI is InChI=1S/C18H17N9O3/c1-30-12-4-2-10(3-5-12)8-27-9-11(25-26-27)6-21-16(28)13-7-20-14-15(22-13)23-18(19)24-17(14)29/h2-5,7,9H,6,8H2,1H3,(H,21,28)(H3,19,22,23,24,29). The average molecular weight is 407 g/mol. The molecule has 4 N–H and O–H groups in total. The molecule has 0 aliphatic rings. The van der Waals surface area contributed by atoms with Crippen LogP contribution in [0.2, 0.25) is 0 Å². The predicted molar refractivity (Wildman–Crippen MR) is 106 cm³/mol. The molecule has 12 nitrogen and oxygen atoms in total. The first-order valence-electron chi connectivity index (χ1n) is 8.84. The van der Waals surface area contributed by atoms with Crippen LogP contribution in [0.3, 0.4) is 0 Å². The molecule has 0 atom stereocenters. The van der Waals surface area contributed by atoms with Gasteiger partial charge >= 0.3 is 0 Å². The molecule has 0 bridgehead atoms. The summed E-state index contributed by atoms with van der Waals surface area (Å²) in [6.45, 7) is 0.675. The summed E-state index contributed by atoms with van der Waals surface area (Å²) in [5.41, 5.74) is 6.58. The molecule has 0 saturated carbocycles. The van der Waals surface area contributed by atoms with Crippen LogP contribution in [0.25, 0.3) is 11.2 Å². The smallest absolute Gasteiger partial charge is 0.280 e. The molecule has 0 radical (unpaired) electrons. The number of nitrogen functional groups attached to an aromatic ring is 1. The molecule has 0 aliphatic carbocycles. The highest BCUT2D eigenvalue weighted by molar-refractivity contribution is 5.93. The van der Waals surface area contributed by atoms with E-state index in [0.717, 1.165) is 11.3 Å². The second-order valence-electron chi connectivity index (χ2n) is 6.32. The molecule has 3 aromatic heterocycles. The van der Waals surface area contributed by atoms with Crippen molar-refractivity contribution in [1.29, 1.82) is 0 Å². The summed E-state index contributed by atoms with van der Waals surface area (Å²) in [6.07, 6.45) is 2.93. The number of carbonyl (C=O) groups is 1. The normalized spacial score (nSPS) is 10.8. The highest BCUT2D eigenvalue weighted by atomic mass is 16.5. The van der Waals surface area contributed by atoms with Gasteiger partial charge in [0.15, 0.2) is 11.2 Å². The Labute approximate surface area is 169 Å². The van der Waals surface area contributed by atoms with Crippen molar-refractivity contribution in [1.82, 2.24) is 40.2 Å². The molecule has 0 saturated heterocycles. The molecule has 4 rings (SSSR count). The number of hydrogen-bond acceptors (Lipinski definition) is 9. The van der Waals surface area contributed by atoms with Crippen LogP contribution in [0.1, 0.15) is 21.7 Å². The van der Waals surface area contributed by atoms with Crippen molar-refractivity contribution in [3.05, 3.63) is 64.0 Å². The lowest BCUT2D eigenvalue weighted by Gasteiger charge is -2.04. The number of methoxy groups -OCH3 is 1. The minimum absolute atomic E-state index is 0.00206. The van der Waals surface area contributed by atoms with Gasteiger partial charge in [-0.3, -0.25) is 14.6 Å². The van der Waals surface area contributed by atoms with E-state index in [-0.39, 0.29) is 29.4 Å². The first kappa shape index (κ1) is 19.0.